The zero-order valence-electron chi connectivity index (χ0n) is 25.2. The van der Waals surface area contributed by atoms with Crippen molar-refractivity contribution in [1.82, 2.24) is 0 Å². The molecule has 4 aliphatic carbocycles. The van der Waals surface area contributed by atoms with Crippen LogP contribution in [0.4, 0.5) is 5.69 Å². The van der Waals surface area contributed by atoms with Gasteiger partial charge < -0.3 is 5.32 Å². The Labute approximate surface area is 241 Å². The van der Waals surface area contributed by atoms with Crippen molar-refractivity contribution in [2.24, 2.45) is 11.8 Å². The number of nitrogens with one attached hydrogen (secondary N) is 1. The summed E-state index contributed by atoms with van der Waals surface area (Å²) >= 11 is 0. The van der Waals surface area contributed by atoms with E-state index in [0.717, 1.165) is 23.7 Å². The molecule has 4 aliphatic rings. The molecule has 1 aromatic rings. The van der Waals surface area contributed by atoms with Crippen LogP contribution < -0.4 is 5.32 Å². The van der Waals surface area contributed by atoms with Crippen LogP contribution in [0.3, 0.4) is 0 Å². The molecule has 4 saturated carbocycles. The number of anilines is 1. The first-order valence-corrected chi connectivity index (χ1v) is 17.3. The summed E-state index contributed by atoms with van der Waals surface area (Å²) in [6.07, 6.45) is 39.3. The number of rotatable bonds is 8. The average molecular weight is 528 g/mol. The van der Waals surface area contributed by atoms with Crippen LogP contribution in [0.15, 0.2) is 53.8 Å². The summed E-state index contributed by atoms with van der Waals surface area (Å²) in [4.78, 5) is 0. The maximum Gasteiger partial charge on any atom is 0.0389 e. The lowest BCUT2D eigenvalue weighted by Gasteiger charge is -2.27. The Hall–Kier alpha value is -1.76. The molecule has 4 fully saturated rings. The first kappa shape index (κ1) is 28.8. The van der Waals surface area contributed by atoms with E-state index in [1.807, 2.05) is 0 Å². The molecule has 1 heteroatoms. The normalized spacial score (nSPS) is 24.2. The van der Waals surface area contributed by atoms with E-state index in [0.29, 0.717) is 0 Å². The quantitative estimate of drug-likeness (QED) is 0.262. The predicted molar refractivity (Wildman–Crippen MR) is 170 cm³/mol. The molecule has 1 nitrogen and oxygen atoms in total. The summed E-state index contributed by atoms with van der Waals surface area (Å²) in [7, 11) is 0. The van der Waals surface area contributed by atoms with Gasteiger partial charge in [-0.1, -0.05) is 102 Å². The van der Waals surface area contributed by atoms with Gasteiger partial charge >= 0.3 is 0 Å². The largest absolute Gasteiger partial charge is 0.356 e. The Bertz CT molecular complexity index is 918. The van der Waals surface area contributed by atoms with Crippen molar-refractivity contribution in [1.29, 1.82) is 0 Å². The first-order chi connectivity index (χ1) is 19.3. The number of allylic oxidation sites excluding steroid dienone is 5. The van der Waals surface area contributed by atoms with Gasteiger partial charge in [0.15, 0.2) is 0 Å². The third kappa shape index (κ3) is 8.61. The van der Waals surface area contributed by atoms with Gasteiger partial charge in [0.1, 0.15) is 0 Å². The van der Waals surface area contributed by atoms with Crippen LogP contribution in [0.2, 0.25) is 0 Å². The summed E-state index contributed by atoms with van der Waals surface area (Å²) in [6.45, 7) is 2.26. The minimum absolute atomic E-state index is 0.734. The summed E-state index contributed by atoms with van der Waals surface area (Å²) in [5.41, 5.74) is 7.44. The van der Waals surface area contributed by atoms with Crippen LogP contribution in [-0.2, 0) is 0 Å². The number of hydrogen-bond donors (Lipinski definition) is 1. The second kappa shape index (κ2) is 15.3. The van der Waals surface area contributed by atoms with E-state index in [-0.39, 0.29) is 0 Å². The molecule has 0 atom stereocenters. The van der Waals surface area contributed by atoms with Crippen molar-refractivity contribution in [2.75, 3.05) is 5.32 Å². The highest BCUT2D eigenvalue weighted by atomic mass is 14.9. The zero-order valence-corrected chi connectivity index (χ0v) is 25.2. The monoisotopic (exact) mass is 527 g/mol. The van der Waals surface area contributed by atoms with Crippen LogP contribution >= 0.6 is 0 Å². The van der Waals surface area contributed by atoms with Crippen LogP contribution in [0.25, 0.3) is 0 Å². The van der Waals surface area contributed by atoms with Crippen LogP contribution in [0, 0.1) is 11.8 Å². The smallest absolute Gasteiger partial charge is 0.0389 e. The highest BCUT2D eigenvalue weighted by molar-refractivity contribution is 5.57. The SMILES string of the molecule is C/C=C(\C=C(/C=CC1CCCCCC1)Nc1cc(C2CCCCC2)cc(C2CCCCC2)c1)C1CCCCC1. The van der Waals surface area contributed by atoms with E-state index in [2.05, 4.69) is 54.7 Å². The van der Waals surface area contributed by atoms with E-state index in [9.17, 15) is 0 Å². The van der Waals surface area contributed by atoms with Crippen molar-refractivity contribution >= 4 is 5.69 Å². The lowest BCUT2D eigenvalue weighted by Crippen LogP contribution is -2.11. The molecule has 1 aromatic carbocycles. The fourth-order valence-corrected chi connectivity index (χ4v) is 8.18. The van der Waals surface area contributed by atoms with Gasteiger partial charge in [0.25, 0.3) is 0 Å². The van der Waals surface area contributed by atoms with Crippen LogP contribution in [0.5, 0.6) is 0 Å². The molecule has 0 aliphatic heterocycles. The molecule has 0 heterocycles. The summed E-state index contributed by atoms with van der Waals surface area (Å²) in [6, 6.07) is 7.69. The van der Waals surface area contributed by atoms with Gasteiger partial charge in [-0.15, -0.1) is 0 Å². The second-order valence-electron chi connectivity index (χ2n) is 13.5. The van der Waals surface area contributed by atoms with Crippen molar-refractivity contribution in [2.45, 2.75) is 154 Å². The Morgan fingerprint density at radius 2 is 1.10 bits per heavy atom. The van der Waals surface area contributed by atoms with Crippen molar-refractivity contribution in [3.8, 4) is 0 Å². The van der Waals surface area contributed by atoms with Gasteiger partial charge in [0.05, 0.1) is 0 Å². The standard InChI is InChI=1S/C38H57N/c1-2-31(32-18-10-5-11-19-32)27-37(25-24-30-16-8-3-4-9-17-30)39-38-28-35(33-20-12-6-13-21-33)26-36(29-38)34-22-14-7-15-23-34/h2,24-30,32-34,39H,3-23H2,1H3/b25-24?,31-2+,37-27+. The molecule has 0 amide bonds. The molecular formula is C38H57N. The third-order valence-electron chi connectivity index (χ3n) is 10.6. The summed E-state index contributed by atoms with van der Waals surface area (Å²) in [5.74, 6) is 2.99. The molecular weight excluding hydrogens is 470 g/mol. The number of hydrogen-bond acceptors (Lipinski definition) is 1. The van der Waals surface area contributed by atoms with Crippen molar-refractivity contribution in [3.05, 3.63) is 64.9 Å². The van der Waals surface area contributed by atoms with Gasteiger partial charge in [-0.05, 0) is 123 Å². The van der Waals surface area contributed by atoms with Gasteiger partial charge in [0.2, 0.25) is 0 Å². The van der Waals surface area contributed by atoms with Gasteiger partial charge in [-0.25, -0.2) is 0 Å². The lowest BCUT2D eigenvalue weighted by atomic mass is 9.79. The highest BCUT2D eigenvalue weighted by Gasteiger charge is 2.22. The Balaban J connectivity index is 1.44. The topological polar surface area (TPSA) is 12.0 Å². The molecule has 0 bridgehead atoms. The van der Waals surface area contributed by atoms with Crippen LogP contribution in [-0.4, -0.2) is 0 Å². The minimum atomic E-state index is 0.734. The third-order valence-corrected chi connectivity index (χ3v) is 10.6. The van der Waals surface area contributed by atoms with E-state index < -0.39 is 0 Å². The molecule has 1 N–H and O–H groups in total. The Morgan fingerprint density at radius 1 is 0.615 bits per heavy atom. The molecule has 0 radical (unpaired) electrons. The Morgan fingerprint density at radius 3 is 1.64 bits per heavy atom. The minimum Gasteiger partial charge on any atom is -0.356 e. The maximum atomic E-state index is 4.03. The first-order valence-electron chi connectivity index (χ1n) is 17.3. The van der Waals surface area contributed by atoms with Crippen LogP contribution in [0.1, 0.15) is 165 Å². The molecule has 0 aromatic heterocycles. The zero-order chi connectivity index (χ0) is 26.7. The second-order valence-corrected chi connectivity index (χ2v) is 13.5. The van der Waals surface area contributed by atoms with E-state index in [4.69, 9.17) is 0 Å². The molecule has 0 saturated heterocycles. The number of benzene rings is 1. The van der Waals surface area contributed by atoms with Crippen molar-refractivity contribution < 1.29 is 0 Å². The fraction of sp³-hybridized carbons (Fsp3) is 0.684. The average Bonchev–Trinajstić information content (AvgIpc) is 3.29. The van der Waals surface area contributed by atoms with E-state index in [1.54, 1.807) is 16.7 Å². The van der Waals surface area contributed by atoms with E-state index in [1.165, 1.54) is 146 Å². The van der Waals surface area contributed by atoms with Gasteiger partial charge in [0, 0.05) is 11.4 Å². The van der Waals surface area contributed by atoms with Crippen molar-refractivity contribution in [3.63, 3.8) is 0 Å². The molecule has 214 valence electrons. The molecule has 0 spiro atoms. The maximum absolute atomic E-state index is 4.03. The lowest BCUT2D eigenvalue weighted by molar-refractivity contribution is 0.408. The van der Waals surface area contributed by atoms with Gasteiger partial charge in [-0.3, -0.25) is 0 Å². The highest BCUT2D eigenvalue weighted by Crippen LogP contribution is 2.39. The fourth-order valence-electron chi connectivity index (χ4n) is 8.18. The molecule has 39 heavy (non-hydrogen) atoms. The summed E-state index contributed by atoms with van der Waals surface area (Å²) < 4.78 is 0. The summed E-state index contributed by atoms with van der Waals surface area (Å²) in [5, 5.41) is 4.03. The molecule has 5 rings (SSSR count). The predicted octanol–water partition coefficient (Wildman–Crippen LogP) is 12.1. The molecule has 0 unspecified atom stereocenters. The van der Waals surface area contributed by atoms with E-state index >= 15 is 0 Å². The Kier molecular flexibility index (Phi) is 11.3. The van der Waals surface area contributed by atoms with Gasteiger partial charge in [-0.2, -0.15) is 0 Å².